The van der Waals surface area contributed by atoms with E-state index in [9.17, 15) is 4.79 Å². The number of carbonyl (C=O) groups excluding carboxylic acids is 1. The smallest absolute Gasteiger partial charge is 0.227 e. The molecule has 1 heterocycles. The van der Waals surface area contributed by atoms with E-state index in [2.05, 4.69) is 43.5 Å². The summed E-state index contributed by atoms with van der Waals surface area (Å²) in [5, 5.41) is 3.36. The van der Waals surface area contributed by atoms with Crippen LogP contribution in [0.4, 0.5) is 0 Å². The first kappa shape index (κ1) is 22.9. The van der Waals surface area contributed by atoms with Crippen molar-refractivity contribution in [2.24, 2.45) is 0 Å². The molecule has 0 radical (unpaired) electrons. The van der Waals surface area contributed by atoms with Gasteiger partial charge in [0.1, 0.15) is 0 Å². The van der Waals surface area contributed by atoms with Crippen molar-refractivity contribution in [3.63, 3.8) is 0 Å². The topological polar surface area (TPSA) is 32.3 Å². The average molecular weight is 343 g/mol. The van der Waals surface area contributed by atoms with E-state index in [1.165, 1.54) is 0 Å². The highest BCUT2D eigenvalue weighted by Crippen LogP contribution is 2.14. The Morgan fingerprint density at radius 1 is 1.16 bits per heavy atom. The van der Waals surface area contributed by atoms with Crippen molar-refractivity contribution in [1.29, 1.82) is 0 Å². The van der Waals surface area contributed by atoms with Gasteiger partial charge in [0.05, 0.1) is 6.42 Å². The standard InChI is InChI=1S/C16H24N2O.C4H6.C2H4/c1-2-12-18(15-8-10-17-11-9-15)16(19)13-14-6-4-3-5-7-14;1-3-4-2;1-2/h3-7,15,17H,2,8-13H2,1H3;3-4H,1-2H2;1-2H2. The molecule has 138 valence electrons. The number of piperidine rings is 1. The first-order valence-corrected chi connectivity index (χ1v) is 9.00. The minimum Gasteiger partial charge on any atom is -0.339 e. The second kappa shape index (κ2) is 15.4. The van der Waals surface area contributed by atoms with E-state index in [4.69, 9.17) is 0 Å². The third kappa shape index (κ3) is 9.68. The fourth-order valence-corrected chi connectivity index (χ4v) is 2.74. The van der Waals surface area contributed by atoms with Crippen LogP contribution in [0.15, 0.2) is 68.8 Å². The van der Waals surface area contributed by atoms with Crippen LogP contribution < -0.4 is 5.32 Å². The predicted octanol–water partition coefficient (Wildman–Crippen LogP) is 4.38. The monoisotopic (exact) mass is 342 g/mol. The van der Waals surface area contributed by atoms with Crippen LogP contribution in [0.3, 0.4) is 0 Å². The highest BCUT2D eigenvalue weighted by molar-refractivity contribution is 5.79. The molecule has 0 aliphatic carbocycles. The first-order valence-electron chi connectivity index (χ1n) is 9.00. The van der Waals surface area contributed by atoms with Gasteiger partial charge in [0.25, 0.3) is 0 Å². The molecule has 1 aromatic rings. The molecule has 0 atom stereocenters. The Kier molecular flexibility index (Phi) is 14.1. The van der Waals surface area contributed by atoms with E-state index in [1.807, 2.05) is 30.3 Å². The van der Waals surface area contributed by atoms with Crippen LogP contribution in [0.5, 0.6) is 0 Å². The van der Waals surface area contributed by atoms with E-state index in [-0.39, 0.29) is 5.91 Å². The van der Waals surface area contributed by atoms with Gasteiger partial charge in [-0.25, -0.2) is 0 Å². The maximum absolute atomic E-state index is 12.5. The van der Waals surface area contributed by atoms with Crippen molar-refractivity contribution in [2.45, 2.75) is 38.6 Å². The van der Waals surface area contributed by atoms with Gasteiger partial charge in [0.2, 0.25) is 5.91 Å². The molecule has 1 fully saturated rings. The summed E-state index contributed by atoms with van der Waals surface area (Å²) in [5.74, 6) is 0.278. The van der Waals surface area contributed by atoms with Crippen LogP contribution in [-0.4, -0.2) is 36.5 Å². The largest absolute Gasteiger partial charge is 0.339 e. The summed E-state index contributed by atoms with van der Waals surface area (Å²) in [6, 6.07) is 10.5. The van der Waals surface area contributed by atoms with Gasteiger partial charge in [-0.15, -0.1) is 13.2 Å². The molecule has 1 amide bonds. The number of amides is 1. The summed E-state index contributed by atoms with van der Waals surface area (Å²) < 4.78 is 0. The van der Waals surface area contributed by atoms with E-state index in [0.717, 1.165) is 44.5 Å². The van der Waals surface area contributed by atoms with E-state index in [1.54, 1.807) is 12.2 Å². The normalized spacial score (nSPS) is 13.3. The zero-order chi connectivity index (χ0) is 18.9. The molecule has 0 aromatic heterocycles. The first-order chi connectivity index (χ1) is 12.2. The second-order valence-electron chi connectivity index (χ2n) is 5.70. The Bertz CT molecular complexity index is 472. The van der Waals surface area contributed by atoms with Gasteiger partial charge in [-0.2, -0.15) is 0 Å². The molecule has 0 saturated carbocycles. The van der Waals surface area contributed by atoms with Gasteiger partial charge in [-0.3, -0.25) is 4.79 Å². The molecule has 0 bridgehead atoms. The Balaban J connectivity index is 0.000000845. The minimum absolute atomic E-state index is 0.278. The maximum atomic E-state index is 12.5. The maximum Gasteiger partial charge on any atom is 0.227 e. The summed E-state index contributed by atoms with van der Waals surface area (Å²) in [7, 11) is 0. The fourth-order valence-electron chi connectivity index (χ4n) is 2.74. The molecule has 0 spiro atoms. The molecule has 3 heteroatoms. The van der Waals surface area contributed by atoms with Crippen molar-refractivity contribution in [3.8, 4) is 0 Å². The number of nitrogens with one attached hydrogen (secondary N) is 1. The summed E-state index contributed by atoms with van der Waals surface area (Å²) in [4.78, 5) is 14.6. The second-order valence-corrected chi connectivity index (χ2v) is 5.70. The van der Waals surface area contributed by atoms with Crippen LogP contribution >= 0.6 is 0 Å². The molecule has 1 aromatic carbocycles. The van der Waals surface area contributed by atoms with Crippen LogP contribution in [0.1, 0.15) is 31.7 Å². The molecule has 1 saturated heterocycles. The van der Waals surface area contributed by atoms with Crippen molar-refractivity contribution < 1.29 is 4.79 Å². The lowest BCUT2D eigenvalue weighted by Gasteiger charge is -2.34. The number of nitrogens with zero attached hydrogens (tertiary/aromatic N) is 1. The van der Waals surface area contributed by atoms with E-state index >= 15 is 0 Å². The van der Waals surface area contributed by atoms with Crippen molar-refractivity contribution in [1.82, 2.24) is 10.2 Å². The Hall–Kier alpha value is -2.13. The Morgan fingerprint density at radius 2 is 1.72 bits per heavy atom. The third-order valence-corrected chi connectivity index (χ3v) is 3.90. The summed E-state index contributed by atoms with van der Waals surface area (Å²) in [6.45, 7) is 17.8. The minimum atomic E-state index is 0.278. The molecule has 1 aliphatic rings. The zero-order valence-corrected chi connectivity index (χ0v) is 15.8. The number of benzene rings is 1. The molecule has 0 unspecified atom stereocenters. The lowest BCUT2D eigenvalue weighted by molar-refractivity contribution is -0.133. The van der Waals surface area contributed by atoms with Crippen molar-refractivity contribution in [2.75, 3.05) is 19.6 Å². The fraction of sp³-hybridized carbons (Fsp3) is 0.409. The molecular formula is C22H34N2O. The van der Waals surface area contributed by atoms with Crippen LogP contribution in [0.25, 0.3) is 0 Å². The van der Waals surface area contributed by atoms with Crippen molar-refractivity contribution in [3.05, 3.63) is 74.4 Å². The Morgan fingerprint density at radius 3 is 2.20 bits per heavy atom. The SMILES string of the molecule is C=C.C=CC=C.CCCN(C(=O)Cc1ccccc1)C1CCNCC1. The predicted molar refractivity (Wildman–Crippen MR) is 110 cm³/mol. The zero-order valence-electron chi connectivity index (χ0n) is 15.8. The number of carbonyl (C=O) groups is 1. The van der Waals surface area contributed by atoms with Gasteiger partial charge in [-0.05, 0) is 37.9 Å². The summed E-state index contributed by atoms with van der Waals surface area (Å²) >= 11 is 0. The van der Waals surface area contributed by atoms with Gasteiger partial charge >= 0.3 is 0 Å². The van der Waals surface area contributed by atoms with Gasteiger partial charge in [0.15, 0.2) is 0 Å². The van der Waals surface area contributed by atoms with Gasteiger partial charge < -0.3 is 10.2 Å². The lowest BCUT2D eigenvalue weighted by Crippen LogP contribution is -2.47. The van der Waals surface area contributed by atoms with E-state index in [0.29, 0.717) is 12.5 Å². The summed E-state index contributed by atoms with van der Waals surface area (Å²) in [6.07, 6.45) is 7.01. The highest BCUT2D eigenvalue weighted by atomic mass is 16.2. The quantitative estimate of drug-likeness (QED) is 0.614. The number of rotatable bonds is 6. The number of allylic oxidation sites excluding steroid dienone is 2. The third-order valence-electron chi connectivity index (χ3n) is 3.90. The Labute approximate surface area is 154 Å². The van der Waals surface area contributed by atoms with Crippen molar-refractivity contribution >= 4 is 5.91 Å². The summed E-state index contributed by atoms with van der Waals surface area (Å²) in [5.41, 5.74) is 1.11. The van der Waals surface area contributed by atoms with Crippen LogP contribution in [0, 0.1) is 0 Å². The van der Waals surface area contributed by atoms with E-state index < -0.39 is 0 Å². The van der Waals surface area contributed by atoms with Crippen LogP contribution in [-0.2, 0) is 11.2 Å². The number of hydrogen-bond acceptors (Lipinski definition) is 2. The van der Waals surface area contributed by atoms with Gasteiger partial charge in [0, 0.05) is 12.6 Å². The van der Waals surface area contributed by atoms with Crippen LogP contribution in [0.2, 0.25) is 0 Å². The molecule has 1 N–H and O–H groups in total. The molecule has 2 rings (SSSR count). The number of hydrogen-bond donors (Lipinski definition) is 1. The average Bonchev–Trinajstić information content (AvgIpc) is 2.69. The molecular weight excluding hydrogens is 308 g/mol. The van der Waals surface area contributed by atoms with Gasteiger partial charge in [-0.1, -0.05) is 62.6 Å². The lowest BCUT2D eigenvalue weighted by atomic mass is 10.0. The molecule has 3 nitrogen and oxygen atoms in total. The highest BCUT2D eigenvalue weighted by Gasteiger charge is 2.24. The molecule has 1 aliphatic heterocycles. The molecule has 25 heavy (non-hydrogen) atoms.